The van der Waals surface area contributed by atoms with E-state index in [-0.39, 0.29) is 6.04 Å². The van der Waals surface area contributed by atoms with Gasteiger partial charge in [0.25, 0.3) is 0 Å². The molecule has 0 spiro atoms. The Hall–Kier alpha value is -1.71. The lowest BCUT2D eigenvalue weighted by Crippen LogP contribution is -2.29. The molecule has 2 rings (SSSR count). The van der Waals surface area contributed by atoms with Crippen LogP contribution in [0.1, 0.15) is 28.4 Å². The predicted octanol–water partition coefficient (Wildman–Crippen LogP) is 2.25. The van der Waals surface area contributed by atoms with Gasteiger partial charge >= 0.3 is 0 Å². The molecule has 0 bridgehead atoms. The highest BCUT2D eigenvalue weighted by atomic mass is 15.2. The Morgan fingerprint density at radius 3 is 2.41 bits per heavy atom. The van der Waals surface area contributed by atoms with Crippen molar-refractivity contribution in [2.75, 3.05) is 0 Å². The quantitative estimate of drug-likeness (QED) is 0.624. The third kappa shape index (κ3) is 2.52. The molecule has 1 unspecified atom stereocenters. The molecule has 17 heavy (non-hydrogen) atoms. The van der Waals surface area contributed by atoms with Gasteiger partial charge in [-0.15, -0.1) is 0 Å². The predicted molar refractivity (Wildman–Crippen MR) is 69.3 cm³/mol. The maximum absolute atomic E-state index is 5.67. The second kappa shape index (κ2) is 5.08. The van der Waals surface area contributed by atoms with Gasteiger partial charge in [0.15, 0.2) is 0 Å². The summed E-state index contributed by atoms with van der Waals surface area (Å²) in [5.41, 5.74) is 7.35. The Morgan fingerprint density at radius 1 is 1.12 bits per heavy atom. The fourth-order valence-corrected chi connectivity index (χ4v) is 1.93. The SMILES string of the molecule is Cc1ccc(C(NN)c2cccnc2C)cc1. The summed E-state index contributed by atoms with van der Waals surface area (Å²) in [4.78, 5) is 4.30. The number of benzene rings is 1. The molecular weight excluding hydrogens is 210 g/mol. The Morgan fingerprint density at radius 2 is 1.82 bits per heavy atom. The zero-order valence-corrected chi connectivity index (χ0v) is 10.1. The number of aromatic nitrogens is 1. The normalized spacial score (nSPS) is 12.4. The first-order chi connectivity index (χ1) is 8.22. The van der Waals surface area contributed by atoms with Crippen molar-refractivity contribution in [3.63, 3.8) is 0 Å². The molecule has 0 aliphatic rings. The van der Waals surface area contributed by atoms with Crippen molar-refractivity contribution in [1.29, 1.82) is 0 Å². The highest BCUT2D eigenvalue weighted by Crippen LogP contribution is 2.23. The zero-order chi connectivity index (χ0) is 12.3. The van der Waals surface area contributed by atoms with Crippen molar-refractivity contribution in [1.82, 2.24) is 10.4 Å². The molecule has 0 radical (unpaired) electrons. The molecule has 0 saturated carbocycles. The van der Waals surface area contributed by atoms with Gasteiger partial charge in [-0.05, 0) is 31.0 Å². The average molecular weight is 227 g/mol. The number of hydrazine groups is 1. The number of nitrogens with zero attached hydrogens (tertiary/aromatic N) is 1. The maximum atomic E-state index is 5.67. The summed E-state index contributed by atoms with van der Waals surface area (Å²) in [5, 5.41) is 0. The molecule has 3 N–H and O–H groups in total. The summed E-state index contributed by atoms with van der Waals surface area (Å²) < 4.78 is 0. The first kappa shape index (κ1) is 11.8. The van der Waals surface area contributed by atoms with E-state index >= 15 is 0 Å². The Kier molecular flexibility index (Phi) is 3.52. The van der Waals surface area contributed by atoms with E-state index < -0.39 is 0 Å². The molecule has 1 heterocycles. The van der Waals surface area contributed by atoms with E-state index in [0.717, 1.165) is 16.8 Å². The van der Waals surface area contributed by atoms with E-state index in [2.05, 4.69) is 41.6 Å². The van der Waals surface area contributed by atoms with Crippen LogP contribution in [0.15, 0.2) is 42.6 Å². The molecule has 0 amide bonds. The number of nitrogens with one attached hydrogen (secondary N) is 1. The van der Waals surface area contributed by atoms with Crippen LogP contribution in [-0.2, 0) is 0 Å². The van der Waals surface area contributed by atoms with Crippen molar-refractivity contribution in [2.45, 2.75) is 19.9 Å². The molecule has 0 fully saturated rings. The van der Waals surface area contributed by atoms with Gasteiger partial charge in [0.2, 0.25) is 0 Å². The van der Waals surface area contributed by atoms with Crippen LogP contribution in [0.5, 0.6) is 0 Å². The second-order valence-corrected chi connectivity index (χ2v) is 4.19. The molecule has 3 nitrogen and oxygen atoms in total. The lowest BCUT2D eigenvalue weighted by molar-refractivity contribution is 0.630. The molecule has 0 aliphatic carbocycles. The topological polar surface area (TPSA) is 50.9 Å². The number of aryl methyl sites for hydroxylation is 2. The number of hydrogen-bond acceptors (Lipinski definition) is 3. The number of hydrogen-bond donors (Lipinski definition) is 2. The van der Waals surface area contributed by atoms with Crippen molar-refractivity contribution >= 4 is 0 Å². The second-order valence-electron chi connectivity index (χ2n) is 4.19. The molecule has 0 saturated heterocycles. The number of nitrogens with two attached hydrogens (primary N) is 1. The van der Waals surface area contributed by atoms with Gasteiger partial charge in [-0.1, -0.05) is 35.9 Å². The van der Waals surface area contributed by atoms with Gasteiger partial charge in [0, 0.05) is 11.9 Å². The molecule has 1 aromatic carbocycles. The van der Waals surface area contributed by atoms with Gasteiger partial charge in [0.1, 0.15) is 0 Å². The van der Waals surface area contributed by atoms with E-state index in [1.807, 2.05) is 19.1 Å². The molecule has 0 aliphatic heterocycles. The summed E-state index contributed by atoms with van der Waals surface area (Å²) in [7, 11) is 0. The molecule has 1 atom stereocenters. The summed E-state index contributed by atoms with van der Waals surface area (Å²) in [6, 6.07) is 12.3. The van der Waals surface area contributed by atoms with Gasteiger partial charge in [0.05, 0.1) is 6.04 Å². The molecular formula is C14H17N3. The first-order valence-corrected chi connectivity index (χ1v) is 5.66. The largest absolute Gasteiger partial charge is 0.271 e. The summed E-state index contributed by atoms with van der Waals surface area (Å²) in [6.45, 7) is 4.07. The fraction of sp³-hybridized carbons (Fsp3) is 0.214. The van der Waals surface area contributed by atoms with Crippen LogP contribution in [0.4, 0.5) is 0 Å². The van der Waals surface area contributed by atoms with Crippen LogP contribution in [-0.4, -0.2) is 4.98 Å². The minimum absolute atomic E-state index is 0.00991. The lowest BCUT2D eigenvalue weighted by Gasteiger charge is -2.18. The van der Waals surface area contributed by atoms with Gasteiger partial charge in [-0.3, -0.25) is 10.8 Å². The van der Waals surface area contributed by atoms with Crippen LogP contribution in [0.3, 0.4) is 0 Å². The smallest absolute Gasteiger partial charge is 0.0727 e. The minimum atomic E-state index is -0.00991. The van der Waals surface area contributed by atoms with Gasteiger partial charge in [-0.25, -0.2) is 5.43 Å². The monoisotopic (exact) mass is 227 g/mol. The minimum Gasteiger partial charge on any atom is -0.271 e. The van der Waals surface area contributed by atoms with Crippen LogP contribution in [0.25, 0.3) is 0 Å². The summed E-state index contributed by atoms with van der Waals surface area (Å²) in [6.07, 6.45) is 1.79. The molecule has 1 aromatic heterocycles. The van der Waals surface area contributed by atoms with Crippen molar-refractivity contribution in [3.8, 4) is 0 Å². The molecule has 2 aromatic rings. The van der Waals surface area contributed by atoms with Crippen molar-refractivity contribution < 1.29 is 0 Å². The Labute approximate surface area is 102 Å². The van der Waals surface area contributed by atoms with E-state index in [1.54, 1.807) is 6.20 Å². The van der Waals surface area contributed by atoms with Crippen molar-refractivity contribution in [3.05, 3.63) is 65.0 Å². The highest BCUT2D eigenvalue weighted by Gasteiger charge is 2.14. The zero-order valence-electron chi connectivity index (χ0n) is 10.1. The lowest BCUT2D eigenvalue weighted by atomic mass is 9.97. The van der Waals surface area contributed by atoms with Crippen LogP contribution >= 0.6 is 0 Å². The summed E-state index contributed by atoms with van der Waals surface area (Å²) in [5.74, 6) is 5.67. The van der Waals surface area contributed by atoms with E-state index in [9.17, 15) is 0 Å². The van der Waals surface area contributed by atoms with E-state index in [1.165, 1.54) is 5.56 Å². The molecule has 88 valence electrons. The van der Waals surface area contributed by atoms with E-state index in [4.69, 9.17) is 5.84 Å². The van der Waals surface area contributed by atoms with Crippen LogP contribution in [0.2, 0.25) is 0 Å². The van der Waals surface area contributed by atoms with Gasteiger partial charge in [-0.2, -0.15) is 0 Å². The average Bonchev–Trinajstić information content (AvgIpc) is 2.35. The molecule has 3 heteroatoms. The maximum Gasteiger partial charge on any atom is 0.0727 e. The van der Waals surface area contributed by atoms with Gasteiger partial charge < -0.3 is 0 Å². The van der Waals surface area contributed by atoms with Crippen LogP contribution in [0, 0.1) is 13.8 Å². The third-order valence-corrected chi connectivity index (χ3v) is 2.94. The van der Waals surface area contributed by atoms with E-state index in [0.29, 0.717) is 0 Å². The third-order valence-electron chi connectivity index (χ3n) is 2.94. The summed E-state index contributed by atoms with van der Waals surface area (Å²) >= 11 is 0. The Bertz CT molecular complexity index is 491. The standard InChI is InChI=1S/C14H17N3/c1-10-5-7-12(8-6-10)14(17-15)13-4-3-9-16-11(13)2/h3-9,14,17H,15H2,1-2H3. The van der Waals surface area contributed by atoms with Crippen LogP contribution < -0.4 is 11.3 Å². The Balaban J connectivity index is 2.40. The first-order valence-electron chi connectivity index (χ1n) is 5.66. The van der Waals surface area contributed by atoms with Crippen molar-refractivity contribution in [2.24, 2.45) is 5.84 Å². The number of pyridine rings is 1. The number of rotatable bonds is 3. The fourth-order valence-electron chi connectivity index (χ4n) is 1.93. The highest BCUT2D eigenvalue weighted by molar-refractivity contribution is 5.34.